The average Bonchev–Trinajstić information content (AvgIpc) is 2.18. The lowest BCUT2D eigenvalue weighted by Crippen LogP contribution is -2.23. The van der Waals surface area contributed by atoms with E-state index in [9.17, 15) is 0 Å². The highest BCUT2D eigenvalue weighted by molar-refractivity contribution is 5.17. The summed E-state index contributed by atoms with van der Waals surface area (Å²) in [6, 6.07) is 3.76. The molecule has 0 saturated heterocycles. The molecule has 1 aromatic rings. The highest BCUT2D eigenvalue weighted by atomic mass is 16.5. The van der Waals surface area contributed by atoms with Crippen molar-refractivity contribution in [2.75, 3.05) is 13.7 Å². The Bertz CT molecular complexity index is 259. The van der Waals surface area contributed by atoms with Crippen LogP contribution in [0.15, 0.2) is 18.3 Å². The third kappa shape index (κ3) is 3.72. The number of aliphatic hydroxyl groups excluding tert-OH is 1. The maximum Gasteiger partial charge on any atom is 0.212 e. The van der Waals surface area contributed by atoms with Gasteiger partial charge >= 0.3 is 0 Å². The van der Waals surface area contributed by atoms with Gasteiger partial charge in [0.1, 0.15) is 0 Å². The Morgan fingerprint density at radius 2 is 2.36 bits per heavy atom. The lowest BCUT2D eigenvalue weighted by atomic mass is 10.3. The summed E-state index contributed by atoms with van der Waals surface area (Å²) in [7, 11) is 1.59. The highest BCUT2D eigenvalue weighted by Gasteiger charge is 1.97. The van der Waals surface area contributed by atoms with Gasteiger partial charge in [-0.15, -0.1) is 0 Å². The minimum absolute atomic E-state index is 0.318. The SMILES string of the molecule is COc1ccc(CNC[C@H](C)O)cn1. The number of aromatic nitrogens is 1. The molecule has 0 radical (unpaired) electrons. The number of rotatable bonds is 5. The van der Waals surface area contributed by atoms with Crippen molar-refractivity contribution in [1.29, 1.82) is 0 Å². The van der Waals surface area contributed by atoms with Crippen LogP contribution in [-0.2, 0) is 6.54 Å². The van der Waals surface area contributed by atoms with Crippen molar-refractivity contribution in [2.45, 2.75) is 19.6 Å². The standard InChI is InChI=1S/C10H16N2O2/c1-8(13)5-11-6-9-3-4-10(14-2)12-7-9/h3-4,7-8,11,13H,5-6H2,1-2H3/t8-/m0/s1. The molecule has 0 aliphatic carbocycles. The summed E-state index contributed by atoms with van der Waals surface area (Å²) in [5.41, 5.74) is 1.08. The number of pyridine rings is 1. The smallest absolute Gasteiger partial charge is 0.212 e. The van der Waals surface area contributed by atoms with E-state index in [-0.39, 0.29) is 6.10 Å². The molecule has 0 saturated carbocycles. The average molecular weight is 196 g/mol. The van der Waals surface area contributed by atoms with Crippen molar-refractivity contribution in [2.24, 2.45) is 0 Å². The van der Waals surface area contributed by atoms with Gasteiger partial charge in [0.25, 0.3) is 0 Å². The van der Waals surface area contributed by atoms with Crippen LogP contribution in [0, 0.1) is 0 Å². The van der Waals surface area contributed by atoms with Crippen LogP contribution in [-0.4, -0.2) is 29.8 Å². The number of methoxy groups -OCH3 is 1. The molecule has 0 fully saturated rings. The van der Waals surface area contributed by atoms with E-state index in [1.807, 2.05) is 12.1 Å². The Labute approximate surface area is 83.9 Å². The molecule has 0 amide bonds. The van der Waals surface area contributed by atoms with Gasteiger partial charge in [0.2, 0.25) is 5.88 Å². The predicted molar refractivity (Wildman–Crippen MR) is 54.2 cm³/mol. The topological polar surface area (TPSA) is 54.4 Å². The van der Waals surface area contributed by atoms with Crippen LogP contribution in [0.4, 0.5) is 0 Å². The Hall–Kier alpha value is -1.13. The molecule has 0 aliphatic rings. The van der Waals surface area contributed by atoms with Gasteiger partial charge in [0.15, 0.2) is 0 Å². The summed E-state index contributed by atoms with van der Waals surface area (Å²) in [4.78, 5) is 4.07. The first-order valence-electron chi connectivity index (χ1n) is 4.60. The maximum atomic E-state index is 9.01. The van der Waals surface area contributed by atoms with Crippen LogP contribution in [0.25, 0.3) is 0 Å². The van der Waals surface area contributed by atoms with Gasteiger partial charge in [0, 0.05) is 25.4 Å². The number of nitrogens with zero attached hydrogens (tertiary/aromatic N) is 1. The number of hydrogen-bond acceptors (Lipinski definition) is 4. The van der Waals surface area contributed by atoms with E-state index in [2.05, 4.69) is 10.3 Å². The molecule has 0 aliphatic heterocycles. The predicted octanol–water partition coefficient (Wildman–Crippen LogP) is 0.561. The van der Waals surface area contributed by atoms with E-state index in [0.29, 0.717) is 19.0 Å². The second-order valence-electron chi connectivity index (χ2n) is 3.19. The van der Waals surface area contributed by atoms with E-state index in [1.165, 1.54) is 0 Å². The van der Waals surface area contributed by atoms with E-state index < -0.39 is 0 Å². The Morgan fingerprint density at radius 1 is 1.57 bits per heavy atom. The summed E-state index contributed by atoms with van der Waals surface area (Å²) < 4.78 is 4.94. The monoisotopic (exact) mass is 196 g/mol. The van der Waals surface area contributed by atoms with Gasteiger partial charge in [-0.1, -0.05) is 6.07 Å². The summed E-state index contributed by atoms with van der Waals surface area (Å²) in [5, 5.41) is 12.1. The minimum atomic E-state index is -0.318. The summed E-state index contributed by atoms with van der Waals surface area (Å²) >= 11 is 0. The van der Waals surface area contributed by atoms with Gasteiger partial charge in [-0.25, -0.2) is 4.98 Å². The molecule has 4 nitrogen and oxygen atoms in total. The quantitative estimate of drug-likeness (QED) is 0.722. The fourth-order valence-corrected chi connectivity index (χ4v) is 1.06. The fraction of sp³-hybridized carbons (Fsp3) is 0.500. The molecule has 1 aromatic heterocycles. The van der Waals surface area contributed by atoms with Gasteiger partial charge in [0.05, 0.1) is 13.2 Å². The third-order valence-electron chi connectivity index (χ3n) is 1.78. The Morgan fingerprint density at radius 3 is 2.86 bits per heavy atom. The van der Waals surface area contributed by atoms with Crippen LogP contribution in [0.1, 0.15) is 12.5 Å². The Balaban J connectivity index is 2.36. The minimum Gasteiger partial charge on any atom is -0.481 e. The van der Waals surface area contributed by atoms with Crippen molar-refractivity contribution in [1.82, 2.24) is 10.3 Å². The summed E-state index contributed by atoms with van der Waals surface area (Å²) in [5.74, 6) is 0.615. The van der Waals surface area contributed by atoms with Gasteiger partial charge in [-0.3, -0.25) is 0 Å². The van der Waals surface area contributed by atoms with Gasteiger partial charge < -0.3 is 15.2 Å². The molecule has 0 aromatic carbocycles. The molecular weight excluding hydrogens is 180 g/mol. The molecule has 0 bridgehead atoms. The van der Waals surface area contributed by atoms with E-state index in [4.69, 9.17) is 9.84 Å². The lowest BCUT2D eigenvalue weighted by molar-refractivity contribution is 0.191. The molecule has 0 spiro atoms. The number of ether oxygens (including phenoxy) is 1. The van der Waals surface area contributed by atoms with Crippen LogP contribution < -0.4 is 10.1 Å². The maximum absolute atomic E-state index is 9.01. The molecule has 4 heteroatoms. The van der Waals surface area contributed by atoms with Crippen LogP contribution >= 0.6 is 0 Å². The van der Waals surface area contributed by atoms with Gasteiger partial charge in [-0.05, 0) is 12.5 Å². The van der Waals surface area contributed by atoms with Crippen LogP contribution in [0.2, 0.25) is 0 Å². The second kappa shape index (κ2) is 5.57. The molecule has 2 N–H and O–H groups in total. The molecular formula is C10H16N2O2. The first-order valence-corrected chi connectivity index (χ1v) is 4.60. The summed E-state index contributed by atoms with van der Waals surface area (Å²) in [6.07, 6.45) is 1.44. The Kier molecular flexibility index (Phi) is 4.35. The van der Waals surface area contributed by atoms with Crippen molar-refractivity contribution in [3.05, 3.63) is 23.9 Å². The van der Waals surface area contributed by atoms with E-state index in [1.54, 1.807) is 20.2 Å². The summed E-state index contributed by atoms with van der Waals surface area (Å²) in [6.45, 7) is 3.05. The molecule has 1 heterocycles. The van der Waals surface area contributed by atoms with E-state index >= 15 is 0 Å². The zero-order valence-corrected chi connectivity index (χ0v) is 8.53. The van der Waals surface area contributed by atoms with E-state index in [0.717, 1.165) is 5.56 Å². The van der Waals surface area contributed by atoms with Crippen molar-refractivity contribution in [3.8, 4) is 5.88 Å². The number of aliphatic hydroxyl groups is 1. The zero-order chi connectivity index (χ0) is 10.4. The number of nitrogens with one attached hydrogen (secondary N) is 1. The molecule has 0 unspecified atom stereocenters. The van der Waals surface area contributed by atoms with Crippen molar-refractivity contribution < 1.29 is 9.84 Å². The molecule has 14 heavy (non-hydrogen) atoms. The largest absolute Gasteiger partial charge is 0.481 e. The van der Waals surface area contributed by atoms with Gasteiger partial charge in [-0.2, -0.15) is 0 Å². The molecule has 1 rings (SSSR count). The molecule has 78 valence electrons. The first-order chi connectivity index (χ1) is 6.72. The van der Waals surface area contributed by atoms with Crippen LogP contribution in [0.3, 0.4) is 0 Å². The lowest BCUT2D eigenvalue weighted by Gasteiger charge is -2.06. The normalized spacial score (nSPS) is 12.5. The van der Waals surface area contributed by atoms with Crippen LogP contribution in [0.5, 0.6) is 5.88 Å². The molecule has 1 atom stereocenters. The fourth-order valence-electron chi connectivity index (χ4n) is 1.06. The van der Waals surface area contributed by atoms with Crippen molar-refractivity contribution >= 4 is 0 Å². The second-order valence-corrected chi connectivity index (χ2v) is 3.19. The zero-order valence-electron chi connectivity index (χ0n) is 8.53. The third-order valence-corrected chi connectivity index (χ3v) is 1.78. The number of hydrogen-bond donors (Lipinski definition) is 2. The van der Waals surface area contributed by atoms with Crippen molar-refractivity contribution in [3.63, 3.8) is 0 Å². The highest BCUT2D eigenvalue weighted by Crippen LogP contribution is 2.05. The first kappa shape index (κ1) is 10.9.